The lowest BCUT2D eigenvalue weighted by Gasteiger charge is -2.20. The lowest BCUT2D eigenvalue weighted by Crippen LogP contribution is -2.41. The molecule has 10 heteroatoms. The molecule has 0 aliphatic carbocycles. The van der Waals surface area contributed by atoms with Gasteiger partial charge in [-0.1, -0.05) is 6.07 Å². The monoisotopic (exact) mass is 331 g/mol. The lowest BCUT2D eigenvalue weighted by molar-refractivity contribution is -0.140. The molecule has 3 rings (SSSR count). The van der Waals surface area contributed by atoms with Crippen LogP contribution in [0.25, 0.3) is 11.0 Å². The number of carbonyl (C=O) groups is 1. The molecule has 1 aromatic heterocycles. The number of hydrogen-bond donors (Lipinski definition) is 1. The average Bonchev–Trinajstić information content (AvgIpc) is 3.06. The van der Waals surface area contributed by atoms with Crippen molar-refractivity contribution >= 4 is 50.5 Å². The van der Waals surface area contributed by atoms with Crippen molar-refractivity contribution in [2.75, 3.05) is 11.6 Å². The highest BCUT2D eigenvalue weighted by atomic mass is 32.2. The minimum atomic E-state index is -3.89. The molecule has 0 unspecified atom stereocenters. The summed E-state index contributed by atoms with van der Waals surface area (Å²) in [7, 11) is -3.89. The molecule has 0 radical (unpaired) electrons. The summed E-state index contributed by atoms with van der Waals surface area (Å²) in [5.41, 5.74) is 0.785. The number of aliphatic carboxylic acids is 1. The molecular weight excluding hydrogens is 322 g/mol. The lowest BCUT2D eigenvalue weighted by atomic mass is 10.3. The van der Waals surface area contributed by atoms with Crippen molar-refractivity contribution in [2.45, 2.75) is 10.9 Å². The second-order valence-corrected chi connectivity index (χ2v) is 7.52. The van der Waals surface area contributed by atoms with Gasteiger partial charge in [0.05, 0.1) is 17.6 Å². The fraction of sp³-hybridized carbons (Fsp3) is 0.300. The van der Waals surface area contributed by atoms with Gasteiger partial charge < -0.3 is 5.11 Å². The Bertz CT molecular complexity index is 773. The van der Waals surface area contributed by atoms with Crippen molar-refractivity contribution in [3.63, 3.8) is 0 Å². The van der Waals surface area contributed by atoms with Crippen LogP contribution in [-0.2, 0) is 14.8 Å². The summed E-state index contributed by atoms with van der Waals surface area (Å²) in [5.74, 6) is -0.755. The Morgan fingerprint density at radius 1 is 1.40 bits per heavy atom. The van der Waals surface area contributed by atoms with Crippen LogP contribution in [0.2, 0.25) is 0 Å². The molecule has 7 nitrogen and oxygen atoms in total. The fourth-order valence-corrected chi connectivity index (χ4v) is 5.86. The maximum atomic E-state index is 12.6. The highest BCUT2D eigenvalue weighted by Gasteiger charge is 2.41. The van der Waals surface area contributed by atoms with Gasteiger partial charge in [0.1, 0.15) is 22.0 Å². The first kappa shape index (κ1) is 13.7. The van der Waals surface area contributed by atoms with Crippen LogP contribution < -0.4 is 0 Å². The van der Waals surface area contributed by atoms with E-state index in [0.717, 1.165) is 16.0 Å². The number of hydrogen-bond acceptors (Lipinski definition) is 7. The third-order valence-corrected chi connectivity index (χ3v) is 6.57. The van der Waals surface area contributed by atoms with E-state index in [2.05, 4.69) is 8.75 Å². The molecule has 1 saturated heterocycles. The highest BCUT2D eigenvalue weighted by molar-refractivity contribution is 8.00. The van der Waals surface area contributed by atoms with E-state index < -0.39 is 22.0 Å². The Hall–Kier alpha value is -1.23. The second-order valence-electron chi connectivity index (χ2n) is 4.13. The molecule has 106 valence electrons. The standard InChI is InChI=1S/C10H9N3O4S3/c14-10(15)7-4-18-5-13(7)20(16,17)8-3-1-2-6-9(8)12-19-11-6/h1-3,7H,4-5H2,(H,14,15)/t7-/m0/s1. The van der Waals surface area contributed by atoms with Crippen LogP contribution in [0.4, 0.5) is 0 Å². The van der Waals surface area contributed by atoms with Crippen LogP contribution >= 0.6 is 23.5 Å². The SMILES string of the molecule is O=C(O)[C@@H]1CSCN1S(=O)(=O)c1cccc2nsnc12. The first-order valence-electron chi connectivity index (χ1n) is 5.55. The summed E-state index contributed by atoms with van der Waals surface area (Å²) < 4.78 is 34.3. The van der Waals surface area contributed by atoms with Gasteiger partial charge in [0, 0.05) is 5.75 Å². The van der Waals surface area contributed by atoms with Crippen LogP contribution in [0.3, 0.4) is 0 Å². The fourth-order valence-electron chi connectivity index (χ4n) is 1.97. The van der Waals surface area contributed by atoms with E-state index in [-0.39, 0.29) is 16.5 Å². The zero-order valence-electron chi connectivity index (χ0n) is 9.96. The van der Waals surface area contributed by atoms with E-state index in [0.29, 0.717) is 11.0 Å². The molecular formula is C10H9N3O4S3. The summed E-state index contributed by atoms with van der Waals surface area (Å²) in [5, 5.41) is 9.12. The number of carboxylic acids is 1. The molecule has 1 aliphatic rings. The van der Waals surface area contributed by atoms with Gasteiger partial charge in [0.25, 0.3) is 0 Å². The first-order valence-corrected chi connectivity index (χ1v) is 8.88. The summed E-state index contributed by atoms with van der Waals surface area (Å²) in [6, 6.07) is 3.65. The minimum absolute atomic E-state index is 0.0116. The molecule has 1 fully saturated rings. The molecule has 0 bridgehead atoms. The maximum absolute atomic E-state index is 12.6. The molecule has 1 aliphatic heterocycles. The zero-order chi connectivity index (χ0) is 14.3. The number of aromatic nitrogens is 2. The van der Waals surface area contributed by atoms with E-state index >= 15 is 0 Å². The molecule has 1 aromatic carbocycles. The van der Waals surface area contributed by atoms with Crippen molar-refractivity contribution in [1.82, 2.24) is 13.1 Å². The Balaban J connectivity index is 2.12. The smallest absolute Gasteiger partial charge is 0.322 e. The van der Waals surface area contributed by atoms with Gasteiger partial charge in [-0.05, 0) is 12.1 Å². The topological polar surface area (TPSA) is 100 Å². The van der Waals surface area contributed by atoms with Gasteiger partial charge in [0.15, 0.2) is 0 Å². The van der Waals surface area contributed by atoms with Crippen molar-refractivity contribution in [1.29, 1.82) is 0 Å². The van der Waals surface area contributed by atoms with Gasteiger partial charge in [-0.15, -0.1) is 11.8 Å². The van der Waals surface area contributed by atoms with Gasteiger partial charge in [-0.2, -0.15) is 13.1 Å². The Morgan fingerprint density at radius 3 is 2.95 bits per heavy atom. The van der Waals surface area contributed by atoms with E-state index in [4.69, 9.17) is 5.11 Å². The number of thioether (sulfide) groups is 1. The Kier molecular flexibility index (Phi) is 3.40. The Morgan fingerprint density at radius 2 is 2.20 bits per heavy atom. The second kappa shape index (κ2) is 4.95. The predicted octanol–water partition coefficient (Wildman–Crippen LogP) is 0.839. The van der Waals surface area contributed by atoms with Gasteiger partial charge in [-0.25, -0.2) is 8.42 Å². The van der Waals surface area contributed by atoms with Crippen molar-refractivity contribution in [3.05, 3.63) is 18.2 Å². The van der Waals surface area contributed by atoms with Crippen LogP contribution in [-0.4, -0.2) is 50.2 Å². The largest absolute Gasteiger partial charge is 0.480 e. The van der Waals surface area contributed by atoms with E-state index in [1.54, 1.807) is 12.1 Å². The molecule has 0 saturated carbocycles. The molecule has 0 amide bonds. The van der Waals surface area contributed by atoms with E-state index in [1.807, 2.05) is 0 Å². The summed E-state index contributed by atoms with van der Waals surface area (Å²) >= 11 is 2.21. The van der Waals surface area contributed by atoms with E-state index in [9.17, 15) is 13.2 Å². The van der Waals surface area contributed by atoms with Gasteiger partial charge >= 0.3 is 5.97 Å². The third-order valence-electron chi connectivity index (χ3n) is 2.96. The number of nitrogens with zero attached hydrogens (tertiary/aromatic N) is 3. The quantitative estimate of drug-likeness (QED) is 0.889. The number of rotatable bonds is 3. The molecule has 1 atom stereocenters. The zero-order valence-corrected chi connectivity index (χ0v) is 12.4. The predicted molar refractivity (Wildman–Crippen MR) is 75.2 cm³/mol. The summed E-state index contributed by atoms with van der Waals surface area (Å²) in [4.78, 5) is 11.2. The van der Waals surface area contributed by atoms with Crippen LogP contribution in [0, 0.1) is 0 Å². The van der Waals surface area contributed by atoms with Crippen LogP contribution in [0.5, 0.6) is 0 Å². The normalized spacial score (nSPS) is 20.5. The van der Waals surface area contributed by atoms with Crippen molar-refractivity contribution in [2.24, 2.45) is 0 Å². The number of benzene rings is 1. The minimum Gasteiger partial charge on any atom is -0.480 e. The third kappa shape index (κ3) is 2.08. The van der Waals surface area contributed by atoms with Crippen molar-refractivity contribution < 1.29 is 18.3 Å². The summed E-state index contributed by atoms with van der Waals surface area (Å²) in [6.07, 6.45) is 0. The van der Waals surface area contributed by atoms with Crippen LogP contribution in [0.15, 0.2) is 23.1 Å². The average molecular weight is 331 g/mol. The molecule has 2 aromatic rings. The number of fused-ring (bicyclic) bond motifs is 1. The van der Waals surface area contributed by atoms with E-state index in [1.165, 1.54) is 17.8 Å². The Labute approximate surface area is 123 Å². The maximum Gasteiger partial charge on any atom is 0.322 e. The van der Waals surface area contributed by atoms with Crippen molar-refractivity contribution in [3.8, 4) is 0 Å². The highest BCUT2D eigenvalue weighted by Crippen LogP contribution is 2.31. The number of carboxylic acid groups (broad SMARTS) is 1. The summed E-state index contributed by atoms with van der Waals surface area (Å²) in [6.45, 7) is 0. The number of sulfonamides is 1. The van der Waals surface area contributed by atoms with Crippen LogP contribution in [0.1, 0.15) is 0 Å². The molecule has 2 heterocycles. The van der Waals surface area contributed by atoms with Gasteiger partial charge in [0.2, 0.25) is 10.0 Å². The molecule has 20 heavy (non-hydrogen) atoms. The molecule has 0 spiro atoms. The first-order chi connectivity index (χ1) is 9.51. The molecule has 1 N–H and O–H groups in total. The van der Waals surface area contributed by atoms with Gasteiger partial charge in [-0.3, -0.25) is 4.79 Å².